The van der Waals surface area contributed by atoms with Crippen LogP contribution in [0.4, 0.5) is 23.0 Å². The molecule has 1 aliphatic rings. The van der Waals surface area contributed by atoms with Crippen molar-refractivity contribution in [2.45, 2.75) is 0 Å². The Kier molecular flexibility index (Phi) is 6.03. The number of nitrogens with zero attached hydrogens (tertiary/aromatic N) is 7. The molecule has 1 fully saturated rings. The van der Waals surface area contributed by atoms with Gasteiger partial charge in [-0.3, -0.25) is 14.9 Å². The average Bonchev–Trinajstić information content (AvgIpc) is 3.40. The normalized spacial score (nSPS) is 13.5. The first-order valence-corrected chi connectivity index (χ1v) is 11.1. The second-order valence-electron chi connectivity index (χ2n) is 7.99. The minimum absolute atomic E-state index is 0.152. The fourth-order valence-corrected chi connectivity index (χ4v) is 4.01. The second-order valence-corrected chi connectivity index (χ2v) is 7.99. The summed E-state index contributed by atoms with van der Waals surface area (Å²) in [5.41, 5.74) is 2.03. The van der Waals surface area contributed by atoms with E-state index in [1.807, 2.05) is 65.6 Å². The van der Waals surface area contributed by atoms with E-state index < -0.39 is 4.92 Å². The van der Waals surface area contributed by atoms with E-state index in [2.05, 4.69) is 20.8 Å². The molecular weight excluding hydrogens is 448 g/mol. The lowest BCUT2D eigenvalue weighted by molar-refractivity contribution is -0.383. The number of para-hydroxylation sites is 2. The van der Waals surface area contributed by atoms with E-state index in [1.54, 1.807) is 21.7 Å². The van der Waals surface area contributed by atoms with E-state index >= 15 is 0 Å². The number of hydrogen-bond donors (Lipinski definition) is 1. The van der Waals surface area contributed by atoms with Crippen LogP contribution in [0.1, 0.15) is 10.4 Å². The first-order chi connectivity index (χ1) is 17.1. The predicted molar refractivity (Wildman–Crippen MR) is 130 cm³/mol. The summed E-state index contributed by atoms with van der Waals surface area (Å²) >= 11 is 0. The topological polar surface area (TPSA) is 122 Å². The highest BCUT2D eigenvalue weighted by atomic mass is 16.6. The summed E-state index contributed by atoms with van der Waals surface area (Å²) in [5.74, 6) is 0.358. The number of anilines is 3. The molecule has 0 aliphatic carbocycles. The average molecular weight is 470 g/mol. The zero-order chi connectivity index (χ0) is 24.2. The number of amides is 1. The maximum absolute atomic E-state index is 13.1. The highest BCUT2D eigenvalue weighted by molar-refractivity contribution is 5.96. The predicted octanol–water partition coefficient (Wildman–Crippen LogP) is 3.28. The van der Waals surface area contributed by atoms with Gasteiger partial charge in [0.05, 0.1) is 10.6 Å². The largest absolute Gasteiger partial charge is 0.350 e. The number of hydrogen-bond acceptors (Lipinski definition) is 8. The Bertz CT molecular complexity index is 1340. The van der Waals surface area contributed by atoms with Crippen LogP contribution in [0.2, 0.25) is 0 Å². The molecule has 0 radical (unpaired) electrons. The molecule has 0 atom stereocenters. The van der Waals surface area contributed by atoms with E-state index in [4.69, 9.17) is 0 Å². The molecule has 3 aromatic carbocycles. The maximum atomic E-state index is 13.1. The number of carbonyl (C=O) groups is 1. The standard InChI is InChI=1S/C24H22N8O3/c33-23(18-11-12-21(22(17-18)32(34)35)25-19-7-3-1-4-8-19)29-13-15-30(16-14-29)24-26-27-28-31(24)20-9-5-2-6-10-20/h1-12,17,25H,13-16H2. The Morgan fingerprint density at radius 3 is 2.29 bits per heavy atom. The van der Waals surface area contributed by atoms with Gasteiger partial charge in [0, 0.05) is 43.5 Å². The highest BCUT2D eigenvalue weighted by Gasteiger charge is 2.27. The smallest absolute Gasteiger partial charge is 0.293 e. The van der Waals surface area contributed by atoms with Gasteiger partial charge in [-0.1, -0.05) is 41.5 Å². The van der Waals surface area contributed by atoms with Crippen LogP contribution in [0, 0.1) is 10.1 Å². The van der Waals surface area contributed by atoms with Crippen LogP contribution in [0.3, 0.4) is 0 Å². The van der Waals surface area contributed by atoms with Crippen molar-refractivity contribution in [3.63, 3.8) is 0 Å². The van der Waals surface area contributed by atoms with E-state index in [9.17, 15) is 14.9 Å². The molecule has 11 heteroatoms. The first-order valence-electron chi connectivity index (χ1n) is 11.1. The van der Waals surface area contributed by atoms with Gasteiger partial charge in [0.1, 0.15) is 5.69 Å². The summed E-state index contributed by atoms with van der Waals surface area (Å²) in [6, 6.07) is 23.3. The summed E-state index contributed by atoms with van der Waals surface area (Å²) in [6.07, 6.45) is 0. The van der Waals surface area contributed by atoms with Crippen LogP contribution in [0.25, 0.3) is 5.69 Å². The molecule has 1 amide bonds. The van der Waals surface area contributed by atoms with E-state index in [0.717, 1.165) is 11.4 Å². The van der Waals surface area contributed by atoms with Crippen LogP contribution >= 0.6 is 0 Å². The van der Waals surface area contributed by atoms with Gasteiger partial charge < -0.3 is 15.1 Å². The summed E-state index contributed by atoms with van der Waals surface area (Å²) in [5, 5.41) is 26.8. The Morgan fingerprint density at radius 1 is 0.914 bits per heavy atom. The molecule has 1 aliphatic heterocycles. The van der Waals surface area contributed by atoms with Crippen molar-refractivity contribution in [3.8, 4) is 5.69 Å². The van der Waals surface area contributed by atoms with Crippen molar-refractivity contribution in [1.29, 1.82) is 0 Å². The molecule has 35 heavy (non-hydrogen) atoms. The Labute approximate surface area is 200 Å². The highest BCUT2D eigenvalue weighted by Crippen LogP contribution is 2.29. The Balaban J connectivity index is 1.29. The number of nitrogens with one attached hydrogen (secondary N) is 1. The van der Waals surface area contributed by atoms with Crippen molar-refractivity contribution in [1.82, 2.24) is 25.1 Å². The molecule has 5 rings (SSSR count). The molecule has 1 N–H and O–H groups in total. The van der Waals surface area contributed by atoms with Crippen molar-refractivity contribution < 1.29 is 9.72 Å². The lowest BCUT2D eigenvalue weighted by atomic mass is 10.1. The molecule has 0 saturated carbocycles. The molecule has 0 bridgehead atoms. The molecule has 1 saturated heterocycles. The summed E-state index contributed by atoms with van der Waals surface area (Å²) < 4.78 is 1.67. The van der Waals surface area contributed by atoms with Gasteiger partial charge in [0.15, 0.2) is 0 Å². The fraction of sp³-hybridized carbons (Fsp3) is 0.167. The van der Waals surface area contributed by atoms with Crippen LogP contribution in [0.15, 0.2) is 78.9 Å². The van der Waals surface area contributed by atoms with Crippen molar-refractivity contribution in [3.05, 3.63) is 94.5 Å². The summed E-state index contributed by atoms with van der Waals surface area (Å²) in [7, 11) is 0. The number of benzene rings is 3. The van der Waals surface area contributed by atoms with Gasteiger partial charge in [-0.05, 0) is 46.8 Å². The molecule has 2 heterocycles. The number of rotatable bonds is 6. The van der Waals surface area contributed by atoms with Crippen molar-refractivity contribution >= 4 is 28.9 Å². The van der Waals surface area contributed by atoms with Gasteiger partial charge in [-0.2, -0.15) is 4.68 Å². The monoisotopic (exact) mass is 470 g/mol. The Morgan fingerprint density at radius 2 is 1.60 bits per heavy atom. The van der Waals surface area contributed by atoms with E-state index in [1.165, 1.54) is 6.07 Å². The van der Waals surface area contributed by atoms with Gasteiger partial charge in [0.2, 0.25) is 5.95 Å². The third kappa shape index (κ3) is 4.64. The minimum atomic E-state index is -0.483. The first kappa shape index (κ1) is 22.0. The molecule has 0 spiro atoms. The van der Waals surface area contributed by atoms with Gasteiger partial charge in [-0.15, -0.1) is 0 Å². The quantitative estimate of drug-likeness (QED) is 0.337. The second kappa shape index (κ2) is 9.59. The number of nitro benzene ring substituents is 1. The zero-order valence-corrected chi connectivity index (χ0v) is 18.7. The number of carbonyl (C=O) groups excluding carboxylic acids is 1. The van der Waals surface area contributed by atoms with Crippen LogP contribution < -0.4 is 10.2 Å². The third-order valence-corrected chi connectivity index (χ3v) is 5.80. The fourth-order valence-electron chi connectivity index (χ4n) is 4.01. The molecule has 0 unspecified atom stereocenters. The number of tetrazole rings is 1. The molecule has 176 valence electrons. The van der Waals surface area contributed by atoms with E-state index in [0.29, 0.717) is 37.8 Å². The molecular formula is C24H22N8O3. The maximum Gasteiger partial charge on any atom is 0.293 e. The summed E-state index contributed by atoms with van der Waals surface area (Å²) in [6.45, 7) is 1.96. The van der Waals surface area contributed by atoms with Gasteiger partial charge in [-0.25, -0.2) is 0 Å². The van der Waals surface area contributed by atoms with Crippen LogP contribution in [-0.2, 0) is 0 Å². The lowest BCUT2D eigenvalue weighted by Crippen LogP contribution is -2.49. The third-order valence-electron chi connectivity index (χ3n) is 5.80. The molecule has 11 nitrogen and oxygen atoms in total. The zero-order valence-electron chi connectivity index (χ0n) is 18.7. The van der Waals surface area contributed by atoms with Crippen molar-refractivity contribution in [2.24, 2.45) is 0 Å². The van der Waals surface area contributed by atoms with E-state index in [-0.39, 0.29) is 17.2 Å². The SMILES string of the molecule is O=C(c1ccc(Nc2ccccc2)c([N+](=O)[O-])c1)N1CCN(c2nnnn2-c2ccccc2)CC1. The molecule has 4 aromatic rings. The lowest BCUT2D eigenvalue weighted by Gasteiger charge is -2.34. The van der Waals surface area contributed by atoms with Crippen LogP contribution in [-0.4, -0.2) is 62.1 Å². The van der Waals surface area contributed by atoms with Gasteiger partial charge >= 0.3 is 0 Å². The van der Waals surface area contributed by atoms with Crippen LogP contribution in [0.5, 0.6) is 0 Å². The van der Waals surface area contributed by atoms with Crippen molar-refractivity contribution in [2.75, 3.05) is 36.4 Å². The van der Waals surface area contributed by atoms with Gasteiger partial charge in [0.25, 0.3) is 11.6 Å². The number of piperazine rings is 1. The number of nitro groups is 1. The summed E-state index contributed by atoms with van der Waals surface area (Å²) in [4.78, 5) is 28.1. The Hall–Kier alpha value is -4.80. The number of aromatic nitrogens is 4. The molecule has 1 aromatic heterocycles. The minimum Gasteiger partial charge on any atom is -0.350 e.